The molecule has 2 aromatic heterocycles. The fraction of sp³-hybridized carbons (Fsp3) is 0.0526. The highest BCUT2D eigenvalue weighted by atomic mass is 32.1. The number of amides is 1. The van der Waals surface area contributed by atoms with Gasteiger partial charge in [-0.2, -0.15) is 0 Å². The number of rotatable bonds is 3. The fourth-order valence-electron chi connectivity index (χ4n) is 2.63. The molecule has 23 heavy (non-hydrogen) atoms. The van der Waals surface area contributed by atoms with Crippen LogP contribution in [-0.2, 0) is 6.54 Å². The first kappa shape index (κ1) is 13.9. The molecule has 3 nitrogen and oxygen atoms in total. The maximum atomic E-state index is 12.3. The van der Waals surface area contributed by atoms with Crippen LogP contribution in [0.1, 0.15) is 15.9 Å². The first-order valence-electron chi connectivity index (χ1n) is 7.39. The molecule has 0 aliphatic heterocycles. The van der Waals surface area contributed by atoms with Crippen LogP contribution in [0.3, 0.4) is 0 Å². The molecule has 1 N–H and O–H groups in total. The van der Waals surface area contributed by atoms with Gasteiger partial charge in [-0.3, -0.25) is 9.78 Å². The maximum Gasteiger partial charge on any atom is 0.251 e. The summed E-state index contributed by atoms with van der Waals surface area (Å²) in [7, 11) is 0. The van der Waals surface area contributed by atoms with Gasteiger partial charge in [-0.25, -0.2) is 0 Å². The summed E-state index contributed by atoms with van der Waals surface area (Å²) in [5.74, 6) is -0.0684. The number of hydrogen-bond acceptors (Lipinski definition) is 3. The van der Waals surface area contributed by atoms with Crippen LogP contribution in [0.4, 0.5) is 0 Å². The van der Waals surface area contributed by atoms with Crippen LogP contribution >= 0.6 is 11.3 Å². The van der Waals surface area contributed by atoms with Crippen LogP contribution in [-0.4, -0.2) is 10.9 Å². The number of benzene rings is 2. The average Bonchev–Trinajstić information content (AvgIpc) is 3.07. The van der Waals surface area contributed by atoms with E-state index in [4.69, 9.17) is 0 Å². The Hall–Kier alpha value is -2.72. The first-order chi connectivity index (χ1) is 11.3. The molecule has 2 aromatic carbocycles. The largest absolute Gasteiger partial charge is 0.348 e. The van der Waals surface area contributed by atoms with E-state index >= 15 is 0 Å². The molecule has 0 fully saturated rings. The molecule has 2 heterocycles. The SMILES string of the molecule is O=C(NCc1ccc2sccc2c1)c1ccc2ncccc2c1. The zero-order valence-corrected chi connectivity index (χ0v) is 13.1. The molecule has 0 atom stereocenters. The second kappa shape index (κ2) is 5.82. The Bertz CT molecular complexity index is 1010. The zero-order valence-electron chi connectivity index (χ0n) is 12.3. The summed E-state index contributed by atoms with van der Waals surface area (Å²) < 4.78 is 1.27. The van der Waals surface area contributed by atoms with Crippen molar-refractivity contribution in [3.8, 4) is 0 Å². The van der Waals surface area contributed by atoms with Gasteiger partial charge < -0.3 is 5.32 Å². The van der Waals surface area contributed by atoms with Crippen molar-refractivity contribution in [2.24, 2.45) is 0 Å². The van der Waals surface area contributed by atoms with E-state index < -0.39 is 0 Å². The lowest BCUT2D eigenvalue weighted by Crippen LogP contribution is -2.22. The molecule has 1 amide bonds. The highest BCUT2D eigenvalue weighted by Crippen LogP contribution is 2.21. The Kier molecular flexibility index (Phi) is 3.52. The van der Waals surface area contributed by atoms with Gasteiger partial charge in [0.25, 0.3) is 5.91 Å². The van der Waals surface area contributed by atoms with Crippen molar-refractivity contribution in [2.75, 3.05) is 0 Å². The Morgan fingerprint density at radius 1 is 1.04 bits per heavy atom. The smallest absolute Gasteiger partial charge is 0.251 e. The first-order valence-corrected chi connectivity index (χ1v) is 8.27. The number of hydrogen-bond donors (Lipinski definition) is 1. The minimum Gasteiger partial charge on any atom is -0.348 e. The van der Waals surface area contributed by atoms with Gasteiger partial charge >= 0.3 is 0 Å². The van der Waals surface area contributed by atoms with E-state index in [1.54, 1.807) is 17.5 Å². The number of pyridine rings is 1. The van der Waals surface area contributed by atoms with Crippen molar-refractivity contribution in [3.63, 3.8) is 0 Å². The molecular formula is C19H14N2OS. The second-order valence-corrected chi connectivity index (χ2v) is 6.33. The Balaban J connectivity index is 1.51. The molecule has 4 aromatic rings. The lowest BCUT2D eigenvalue weighted by molar-refractivity contribution is 0.0951. The number of fused-ring (bicyclic) bond motifs is 2. The summed E-state index contributed by atoms with van der Waals surface area (Å²) in [6.45, 7) is 0.524. The lowest BCUT2D eigenvalue weighted by atomic mass is 10.1. The molecule has 4 heteroatoms. The Morgan fingerprint density at radius 3 is 2.96 bits per heavy atom. The molecular weight excluding hydrogens is 304 g/mol. The second-order valence-electron chi connectivity index (χ2n) is 5.39. The van der Waals surface area contributed by atoms with Crippen LogP contribution in [0.5, 0.6) is 0 Å². The number of thiophene rings is 1. The number of nitrogens with zero attached hydrogens (tertiary/aromatic N) is 1. The molecule has 0 aliphatic carbocycles. The molecule has 0 radical (unpaired) electrons. The van der Waals surface area contributed by atoms with E-state index in [1.165, 1.54) is 10.1 Å². The van der Waals surface area contributed by atoms with E-state index in [9.17, 15) is 4.79 Å². The summed E-state index contributed by atoms with van der Waals surface area (Å²) in [5.41, 5.74) is 2.65. The van der Waals surface area contributed by atoms with Gasteiger partial charge in [0, 0.05) is 28.4 Å². The van der Waals surface area contributed by atoms with Crippen molar-refractivity contribution in [3.05, 3.63) is 77.3 Å². The monoisotopic (exact) mass is 318 g/mol. The van der Waals surface area contributed by atoms with Gasteiger partial charge in [0.1, 0.15) is 0 Å². The predicted octanol–water partition coefficient (Wildman–Crippen LogP) is 4.38. The molecule has 0 spiro atoms. The van der Waals surface area contributed by atoms with E-state index in [0.717, 1.165) is 16.5 Å². The minimum atomic E-state index is -0.0684. The highest BCUT2D eigenvalue weighted by molar-refractivity contribution is 7.17. The molecule has 4 rings (SSSR count). The standard InChI is InChI=1S/C19H14N2OS/c22-19(16-4-5-17-14(11-16)2-1-8-20-17)21-12-13-3-6-18-15(10-13)7-9-23-18/h1-11H,12H2,(H,21,22). The molecule has 0 saturated heterocycles. The fourth-order valence-corrected chi connectivity index (χ4v) is 3.40. The molecule has 0 aliphatic rings. The van der Waals surface area contributed by atoms with Gasteiger partial charge in [0.05, 0.1) is 5.52 Å². The number of aromatic nitrogens is 1. The Morgan fingerprint density at radius 2 is 2.00 bits per heavy atom. The predicted molar refractivity (Wildman–Crippen MR) is 94.7 cm³/mol. The summed E-state index contributed by atoms with van der Waals surface area (Å²) in [6, 6.07) is 17.8. The van der Waals surface area contributed by atoms with Gasteiger partial charge in [0.2, 0.25) is 0 Å². The van der Waals surface area contributed by atoms with Gasteiger partial charge in [-0.15, -0.1) is 11.3 Å². The van der Waals surface area contributed by atoms with E-state index in [2.05, 4.69) is 39.9 Å². The van der Waals surface area contributed by atoms with Crippen LogP contribution in [0, 0.1) is 0 Å². The molecule has 0 unspecified atom stereocenters. The van der Waals surface area contributed by atoms with Crippen LogP contribution in [0.2, 0.25) is 0 Å². The zero-order chi connectivity index (χ0) is 15.6. The normalized spacial score (nSPS) is 11.0. The molecule has 0 bridgehead atoms. The molecule has 112 valence electrons. The number of carbonyl (C=O) groups is 1. The summed E-state index contributed by atoms with van der Waals surface area (Å²) in [4.78, 5) is 16.6. The third kappa shape index (κ3) is 2.81. The van der Waals surface area contributed by atoms with Crippen molar-refractivity contribution in [1.82, 2.24) is 10.3 Å². The number of nitrogens with one attached hydrogen (secondary N) is 1. The van der Waals surface area contributed by atoms with Gasteiger partial charge in [-0.1, -0.05) is 12.1 Å². The van der Waals surface area contributed by atoms with Crippen LogP contribution < -0.4 is 5.32 Å². The van der Waals surface area contributed by atoms with Crippen molar-refractivity contribution < 1.29 is 4.79 Å². The lowest BCUT2D eigenvalue weighted by Gasteiger charge is -2.07. The summed E-state index contributed by atoms with van der Waals surface area (Å²) in [6.07, 6.45) is 1.75. The summed E-state index contributed by atoms with van der Waals surface area (Å²) >= 11 is 1.73. The highest BCUT2D eigenvalue weighted by Gasteiger charge is 2.07. The number of carbonyl (C=O) groups excluding carboxylic acids is 1. The van der Waals surface area contributed by atoms with E-state index in [0.29, 0.717) is 12.1 Å². The van der Waals surface area contributed by atoms with Crippen molar-refractivity contribution in [2.45, 2.75) is 6.54 Å². The van der Waals surface area contributed by atoms with E-state index in [-0.39, 0.29) is 5.91 Å². The van der Waals surface area contributed by atoms with Gasteiger partial charge in [-0.05, 0) is 58.8 Å². The van der Waals surface area contributed by atoms with Crippen molar-refractivity contribution >= 4 is 38.2 Å². The molecule has 0 saturated carbocycles. The van der Waals surface area contributed by atoms with Crippen molar-refractivity contribution in [1.29, 1.82) is 0 Å². The Labute approximate surface area is 137 Å². The third-order valence-electron chi connectivity index (χ3n) is 3.84. The van der Waals surface area contributed by atoms with E-state index in [1.807, 2.05) is 30.3 Å². The van der Waals surface area contributed by atoms with Gasteiger partial charge in [0.15, 0.2) is 0 Å². The average molecular weight is 318 g/mol. The van der Waals surface area contributed by atoms with Crippen LogP contribution in [0.15, 0.2) is 66.2 Å². The minimum absolute atomic E-state index is 0.0684. The topological polar surface area (TPSA) is 42.0 Å². The van der Waals surface area contributed by atoms with Crippen LogP contribution in [0.25, 0.3) is 21.0 Å². The maximum absolute atomic E-state index is 12.3. The third-order valence-corrected chi connectivity index (χ3v) is 4.73. The summed E-state index contributed by atoms with van der Waals surface area (Å²) in [5, 5.41) is 7.25. The quantitative estimate of drug-likeness (QED) is 0.609.